The van der Waals surface area contributed by atoms with Crippen LogP contribution in [0.15, 0.2) is 24.9 Å². The van der Waals surface area contributed by atoms with Gasteiger partial charge < -0.3 is 20.3 Å². The first-order chi connectivity index (χ1) is 14.9. The number of piperazine rings is 1. The molecule has 4 rings (SSSR count). The second kappa shape index (κ2) is 8.98. The quantitative estimate of drug-likeness (QED) is 0.535. The van der Waals surface area contributed by atoms with Crippen LogP contribution in [-0.4, -0.2) is 74.8 Å². The number of hydrogen-bond acceptors (Lipinski definition) is 9. The molecular weight excluding hydrogens is 415 g/mol. The Kier molecular flexibility index (Phi) is 6.13. The molecule has 1 aliphatic rings. The highest BCUT2D eigenvalue weighted by atomic mass is 19.4. The number of halogens is 3. The minimum absolute atomic E-state index is 0.111. The number of alkyl halides is 3. The van der Waals surface area contributed by atoms with E-state index in [1.54, 1.807) is 16.9 Å². The molecule has 10 nitrogen and oxygen atoms in total. The molecule has 1 aliphatic heterocycles. The van der Waals surface area contributed by atoms with Gasteiger partial charge in [-0.2, -0.15) is 18.3 Å². The Morgan fingerprint density at radius 1 is 1.26 bits per heavy atom. The molecule has 31 heavy (non-hydrogen) atoms. The Bertz CT molecular complexity index is 1010. The van der Waals surface area contributed by atoms with Crippen molar-refractivity contribution in [2.24, 2.45) is 0 Å². The molecule has 166 valence electrons. The van der Waals surface area contributed by atoms with Crippen molar-refractivity contribution in [3.8, 4) is 0 Å². The molecule has 0 amide bonds. The van der Waals surface area contributed by atoms with Crippen LogP contribution in [-0.2, 0) is 11.3 Å². The highest BCUT2D eigenvalue weighted by Gasteiger charge is 2.28. The van der Waals surface area contributed by atoms with Crippen molar-refractivity contribution in [3.63, 3.8) is 0 Å². The maximum absolute atomic E-state index is 12.4. The number of nitrogens with one attached hydrogen (secondary N) is 2. The first-order valence-corrected chi connectivity index (χ1v) is 9.78. The molecule has 0 aromatic carbocycles. The summed E-state index contributed by atoms with van der Waals surface area (Å²) in [6.45, 7) is 2.98. The zero-order valence-corrected chi connectivity index (χ0v) is 16.8. The van der Waals surface area contributed by atoms with Crippen LogP contribution < -0.4 is 15.5 Å². The Morgan fingerprint density at radius 3 is 2.87 bits per heavy atom. The first-order valence-electron chi connectivity index (χ1n) is 9.78. The summed E-state index contributed by atoms with van der Waals surface area (Å²) >= 11 is 0. The fourth-order valence-electron chi connectivity index (χ4n) is 3.41. The van der Waals surface area contributed by atoms with Gasteiger partial charge in [0.15, 0.2) is 11.6 Å². The lowest BCUT2D eigenvalue weighted by Gasteiger charge is -2.31. The lowest BCUT2D eigenvalue weighted by Crippen LogP contribution is -2.49. The summed E-state index contributed by atoms with van der Waals surface area (Å²) < 4.78 is 43.6. The van der Waals surface area contributed by atoms with Gasteiger partial charge in [0.1, 0.15) is 36.1 Å². The largest absolute Gasteiger partial charge is 0.411 e. The van der Waals surface area contributed by atoms with Crippen LogP contribution in [0.1, 0.15) is 6.92 Å². The Balaban J connectivity index is 1.67. The molecule has 1 saturated heterocycles. The number of hydrogen-bond donors (Lipinski definition) is 2. The average Bonchev–Trinajstić information content (AvgIpc) is 3.11. The summed E-state index contributed by atoms with van der Waals surface area (Å²) in [5.74, 6) is 1.63. The SMILES string of the molecule is C[C@H]1CN(c2nn(CCOCC(F)(F)F)c3c(Nc4ccncn4)ncnc23)CCN1. The van der Waals surface area contributed by atoms with Gasteiger partial charge in [-0.25, -0.2) is 19.9 Å². The van der Waals surface area contributed by atoms with Crippen LogP contribution in [0.5, 0.6) is 0 Å². The summed E-state index contributed by atoms with van der Waals surface area (Å²) in [5.41, 5.74) is 1.18. The molecule has 3 aromatic rings. The van der Waals surface area contributed by atoms with Crippen molar-refractivity contribution >= 4 is 28.5 Å². The Hall–Kier alpha value is -3.06. The van der Waals surface area contributed by atoms with Crippen LogP contribution in [0.3, 0.4) is 0 Å². The number of fused-ring (bicyclic) bond motifs is 1. The number of rotatable bonds is 7. The highest BCUT2D eigenvalue weighted by molar-refractivity contribution is 5.94. The standard InChI is InChI=1S/C18H22F3N9O/c1-12-8-29(5-4-23-12)17-14-15(30(28-17)6-7-31-9-18(19,20)21)16(26-11-25-14)27-13-2-3-22-10-24-13/h2-3,10-12,23H,4-9H2,1H3,(H,22,24,25,26,27)/t12-/m0/s1. The molecule has 0 spiro atoms. The van der Waals surface area contributed by atoms with Crippen LogP contribution >= 0.6 is 0 Å². The molecule has 0 unspecified atom stereocenters. The highest BCUT2D eigenvalue weighted by Crippen LogP contribution is 2.30. The van der Waals surface area contributed by atoms with E-state index in [4.69, 9.17) is 4.74 Å². The average molecular weight is 437 g/mol. The van der Waals surface area contributed by atoms with E-state index in [1.807, 2.05) is 0 Å². The van der Waals surface area contributed by atoms with Crippen LogP contribution in [0.2, 0.25) is 0 Å². The lowest BCUT2D eigenvalue weighted by molar-refractivity contribution is -0.174. The predicted molar refractivity (Wildman–Crippen MR) is 107 cm³/mol. The van der Waals surface area contributed by atoms with Crippen molar-refractivity contribution in [1.82, 2.24) is 35.0 Å². The van der Waals surface area contributed by atoms with Crippen LogP contribution in [0.4, 0.5) is 30.6 Å². The summed E-state index contributed by atoms with van der Waals surface area (Å²) in [6.07, 6.45) is 0.0321. The van der Waals surface area contributed by atoms with E-state index in [0.717, 1.165) is 19.6 Å². The molecule has 1 fully saturated rings. The van der Waals surface area contributed by atoms with Crippen molar-refractivity contribution in [2.45, 2.75) is 25.7 Å². The molecule has 0 aliphatic carbocycles. The van der Waals surface area contributed by atoms with Crippen molar-refractivity contribution in [3.05, 3.63) is 24.9 Å². The smallest absolute Gasteiger partial charge is 0.370 e. The molecule has 13 heteroatoms. The Morgan fingerprint density at radius 2 is 2.13 bits per heavy atom. The molecule has 1 atom stereocenters. The van der Waals surface area contributed by atoms with Crippen LogP contribution in [0, 0.1) is 0 Å². The van der Waals surface area contributed by atoms with E-state index in [1.165, 1.54) is 12.7 Å². The number of nitrogens with zero attached hydrogens (tertiary/aromatic N) is 7. The van der Waals surface area contributed by atoms with Gasteiger partial charge in [0, 0.05) is 31.9 Å². The molecule has 3 aromatic heterocycles. The van der Waals surface area contributed by atoms with Crippen molar-refractivity contribution in [2.75, 3.05) is 43.1 Å². The van der Waals surface area contributed by atoms with Gasteiger partial charge in [0.2, 0.25) is 0 Å². The summed E-state index contributed by atoms with van der Waals surface area (Å²) in [6, 6.07) is 1.95. The summed E-state index contributed by atoms with van der Waals surface area (Å²) in [5, 5.41) is 11.1. The van der Waals surface area contributed by atoms with Gasteiger partial charge in [0.05, 0.1) is 13.2 Å². The summed E-state index contributed by atoms with van der Waals surface area (Å²) in [7, 11) is 0. The van der Waals surface area contributed by atoms with Crippen molar-refractivity contribution < 1.29 is 17.9 Å². The molecule has 0 saturated carbocycles. The van der Waals surface area contributed by atoms with Gasteiger partial charge in [-0.3, -0.25) is 4.68 Å². The maximum Gasteiger partial charge on any atom is 0.411 e. The fraction of sp³-hybridized carbons (Fsp3) is 0.500. The number of ether oxygens (including phenoxy) is 1. The summed E-state index contributed by atoms with van der Waals surface area (Å²) in [4.78, 5) is 18.9. The zero-order valence-electron chi connectivity index (χ0n) is 16.8. The molecule has 2 N–H and O–H groups in total. The molecule has 0 bridgehead atoms. The van der Waals surface area contributed by atoms with Crippen LogP contribution in [0.25, 0.3) is 11.0 Å². The van der Waals surface area contributed by atoms with Crippen molar-refractivity contribution in [1.29, 1.82) is 0 Å². The topological polar surface area (TPSA) is 106 Å². The number of anilines is 3. The van der Waals surface area contributed by atoms with Gasteiger partial charge >= 0.3 is 6.18 Å². The normalized spacial score (nSPS) is 17.3. The minimum Gasteiger partial charge on any atom is -0.370 e. The molecule has 0 radical (unpaired) electrons. The minimum atomic E-state index is -4.38. The van der Waals surface area contributed by atoms with Gasteiger partial charge in [0.25, 0.3) is 0 Å². The van der Waals surface area contributed by atoms with Gasteiger partial charge in [-0.15, -0.1) is 0 Å². The monoisotopic (exact) mass is 437 g/mol. The third kappa shape index (κ3) is 5.17. The van der Waals surface area contributed by atoms with Gasteiger partial charge in [-0.1, -0.05) is 0 Å². The van der Waals surface area contributed by atoms with E-state index in [0.29, 0.717) is 28.5 Å². The first kappa shape index (κ1) is 21.2. The van der Waals surface area contributed by atoms with E-state index in [-0.39, 0.29) is 19.2 Å². The number of aromatic nitrogens is 6. The Labute approximate surface area is 175 Å². The molecular formula is C18H22F3N9O. The van der Waals surface area contributed by atoms with E-state index in [2.05, 4.69) is 47.5 Å². The zero-order chi connectivity index (χ0) is 21.8. The third-order valence-corrected chi connectivity index (χ3v) is 4.72. The maximum atomic E-state index is 12.4. The van der Waals surface area contributed by atoms with Gasteiger partial charge in [-0.05, 0) is 13.0 Å². The predicted octanol–water partition coefficient (Wildman–Crippen LogP) is 1.74. The third-order valence-electron chi connectivity index (χ3n) is 4.72. The molecule has 4 heterocycles. The fourth-order valence-corrected chi connectivity index (χ4v) is 3.41. The van der Waals surface area contributed by atoms with E-state index < -0.39 is 12.8 Å². The second-order valence-electron chi connectivity index (χ2n) is 7.15. The second-order valence-corrected chi connectivity index (χ2v) is 7.15. The van der Waals surface area contributed by atoms with E-state index in [9.17, 15) is 13.2 Å². The van der Waals surface area contributed by atoms with E-state index >= 15 is 0 Å². The lowest BCUT2D eigenvalue weighted by atomic mass is 10.2.